The molecule has 0 bridgehead atoms. The Morgan fingerprint density at radius 3 is 2.79 bits per heavy atom. The van der Waals surface area contributed by atoms with Crippen LogP contribution in [0.1, 0.15) is 19.8 Å². The highest BCUT2D eigenvalue weighted by Gasteiger charge is 2.27. The molecule has 2 heterocycles. The Morgan fingerprint density at radius 2 is 2.16 bits per heavy atom. The van der Waals surface area contributed by atoms with Gasteiger partial charge in [0.1, 0.15) is 0 Å². The number of piperidine rings is 1. The molecule has 104 valence electrons. The minimum absolute atomic E-state index is 0.0521. The molecule has 0 saturated carbocycles. The molecule has 0 aromatic carbocycles. The Bertz CT molecular complexity index is 504. The van der Waals surface area contributed by atoms with Crippen molar-refractivity contribution in [3.8, 4) is 0 Å². The van der Waals surface area contributed by atoms with Crippen molar-refractivity contribution in [3.63, 3.8) is 0 Å². The summed E-state index contributed by atoms with van der Waals surface area (Å²) < 4.78 is 6.54. The van der Waals surface area contributed by atoms with Gasteiger partial charge in [-0.25, -0.2) is 4.98 Å². The molecule has 1 aliphatic rings. The maximum absolute atomic E-state index is 12.0. The molecular weight excluding hydrogens is 246 g/mol. The van der Waals surface area contributed by atoms with Gasteiger partial charge in [0.25, 0.3) is 5.56 Å². The average Bonchev–Trinajstić information content (AvgIpc) is 2.42. The van der Waals surface area contributed by atoms with Crippen LogP contribution in [0.3, 0.4) is 0 Å². The standard InChI is InChI=1S/C13H19N3O3/c1-3-19-13(18)10-4-7-16(8-5-10)11-12(17)15(2)9-6-14-11/h6,9-10H,3-5,7-8H2,1-2H3. The molecule has 0 spiro atoms. The molecule has 0 aliphatic carbocycles. The van der Waals surface area contributed by atoms with E-state index in [0.717, 1.165) is 0 Å². The zero-order valence-electron chi connectivity index (χ0n) is 11.3. The van der Waals surface area contributed by atoms with Gasteiger partial charge in [-0.05, 0) is 19.8 Å². The van der Waals surface area contributed by atoms with Crippen LogP contribution in [0, 0.1) is 5.92 Å². The summed E-state index contributed by atoms with van der Waals surface area (Å²) in [5.41, 5.74) is -0.0999. The fourth-order valence-corrected chi connectivity index (χ4v) is 2.29. The molecule has 0 atom stereocenters. The summed E-state index contributed by atoms with van der Waals surface area (Å²) in [5, 5.41) is 0. The third kappa shape index (κ3) is 2.94. The smallest absolute Gasteiger partial charge is 0.309 e. The molecule has 2 rings (SSSR count). The molecule has 1 aromatic heterocycles. The predicted molar refractivity (Wildman–Crippen MR) is 71.0 cm³/mol. The van der Waals surface area contributed by atoms with Crippen molar-refractivity contribution < 1.29 is 9.53 Å². The first-order valence-corrected chi connectivity index (χ1v) is 6.56. The minimum Gasteiger partial charge on any atom is -0.466 e. The number of carbonyl (C=O) groups is 1. The van der Waals surface area contributed by atoms with Crippen LogP contribution in [0.5, 0.6) is 0 Å². The minimum atomic E-state index is -0.129. The van der Waals surface area contributed by atoms with E-state index < -0.39 is 0 Å². The lowest BCUT2D eigenvalue weighted by Crippen LogP contribution is -2.40. The van der Waals surface area contributed by atoms with Crippen molar-refractivity contribution in [1.29, 1.82) is 0 Å². The lowest BCUT2D eigenvalue weighted by Gasteiger charge is -2.31. The fraction of sp³-hybridized carbons (Fsp3) is 0.615. The molecule has 6 nitrogen and oxygen atoms in total. The summed E-state index contributed by atoms with van der Waals surface area (Å²) in [5.74, 6) is 0.284. The third-order valence-corrected chi connectivity index (χ3v) is 3.41. The maximum Gasteiger partial charge on any atom is 0.309 e. The molecule has 19 heavy (non-hydrogen) atoms. The van der Waals surface area contributed by atoms with Crippen molar-refractivity contribution in [3.05, 3.63) is 22.7 Å². The molecule has 0 N–H and O–H groups in total. The van der Waals surface area contributed by atoms with Crippen LogP contribution in [-0.4, -0.2) is 35.2 Å². The Balaban J connectivity index is 2.02. The van der Waals surface area contributed by atoms with Crippen LogP contribution in [0.2, 0.25) is 0 Å². The summed E-state index contributed by atoms with van der Waals surface area (Å²) in [6.45, 7) is 3.55. The third-order valence-electron chi connectivity index (χ3n) is 3.41. The SMILES string of the molecule is CCOC(=O)C1CCN(c2nccn(C)c2=O)CC1. The number of rotatable bonds is 3. The van der Waals surface area contributed by atoms with E-state index in [1.54, 1.807) is 19.4 Å². The van der Waals surface area contributed by atoms with Crippen molar-refractivity contribution >= 4 is 11.8 Å². The van der Waals surface area contributed by atoms with E-state index in [4.69, 9.17) is 4.74 Å². The second-order valence-corrected chi connectivity index (χ2v) is 4.68. The number of aromatic nitrogens is 2. The first kappa shape index (κ1) is 13.6. The van der Waals surface area contributed by atoms with Crippen LogP contribution < -0.4 is 10.5 Å². The fourth-order valence-electron chi connectivity index (χ4n) is 2.29. The van der Waals surface area contributed by atoms with Crippen LogP contribution in [0.15, 0.2) is 17.2 Å². The number of nitrogens with zero attached hydrogens (tertiary/aromatic N) is 3. The molecule has 0 unspecified atom stereocenters. The Hall–Kier alpha value is -1.85. The quantitative estimate of drug-likeness (QED) is 0.747. The molecule has 6 heteroatoms. The number of anilines is 1. The molecule has 1 fully saturated rings. The van der Waals surface area contributed by atoms with Gasteiger partial charge in [-0.2, -0.15) is 0 Å². The zero-order valence-corrected chi connectivity index (χ0v) is 11.3. The van der Waals surface area contributed by atoms with Crippen LogP contribution >= 0.6 is 0 Å². The largest absolute Gasteiger partial charge is 0.466 e. The first-order valence-electron chi connectivity index (χ1n) is 6.56. The second-order valence-electron chi connectivity index (χ2n) is 4.68. The van der Waals surface area contributed by atoms with Crippen molar-refractivity contribution in [1.82, 2.24) is 9.55 Å². The molecule has 0 amide bonds. The zero-order chi connectivity index (χ0) is 13.8. The van der Waals surface area contributed by atoms with E-state index in [0.29, 0.717) is 38.4 Å². The van der Waals surface area contributed by atoms with Crippen LogP contribution in [-0.2, 0) is 16.6 Å². The summed E-state index contributed by atoms with van der Waals surface area (Å²) in [6.07, 6.45) is 4.67. The Kier molecular flexibility index (Phi) is 4.19. The Morgan fingerprint density at radius 1 is 1.47 bits per heavy atom. The van der Waals surface area contributed by atoms with Gasteiger partial charge in [-0.3, -0.25) is 9.59 Å². The topological polar surface area (TPSA) is 64.4 Å². The van der Waals surface area contributed by atoms with E-state index in [9.17, 15) is 9.59 Å². The molecule has 0 radical (unpaired) electrons. The number of aryl methyl sites for hydroxylation is 1. The number of carbonyl (C=O) groups excluding carboxylic acids is 1. The summed E-state index contributed by atoms with van der Waals surface area (Å²) in [4.78, 5) is 29.7. The highest BCUT2D eigenvalue weighted by molar-refractivity contribution is 5.72. The Labute approximate surface area is 112 Å². The van der Waals surface area contributed by atoms with E-state index in [1.807, 2.05) is 11.8 Å². The van der Waals surface area contributed by atoms with Crippen molar-refractivity contribution in [2.24, 2.45) is 13.0 Å². The van der Waals surface area contributed by atoms with Gasteiger partial charge in [0.05, 0.1) is 12.5 Å². The first-order chi connectivity index (χ1) is 9.13. The molecule has 1 aliphatic heterocycles. The predicted octanol–water partition coefficient (Wildman–Crippen LogP) is 0.560. The van der Waals surface area contributed by atoms with Crippen molar-refractivity contribution in [2.75, 3.05) is 24.6 Å². The maximum atomic E-state index is 12.0. The normalized spacial score (nSPS) is 16.4. The number of ether oxygens (including phenoxy) is 1. The van der Waals surface area contributed by atoms with E-state index >= 15 is 0 Å². The summed E-state index contributed by atoms with van der Waals surface area (Å²) in [6, 6.07) is 0. The van der Waals surface area contributed by atoms with Gasteiger partial charge in [0.2, 0.25) is 0 Å². The van der Waals surface area contributed by atoms with E-state index in [2.05, 4.69) is 4.98 Å². The monoisotopic (exact) mass is 265 g/mol. The molecule has 1 saturated heterocycles. The van der Waals surface area contributed by atoms with Gasteiger partial charge in [-0.15, -0.1) is 0 Å². The average molecular weight is 265 g/mol. The van der Waals surface area contributed by atoms with Gasteiger partial charge < -0.3 is 14.2 Å². The lowest BCUT2D eigenvalue weighted by molar-refractivity contribution is -0.148. The number of hydrogen-bond acceptors (Lipinski definition) is 5. The van der Waals surface area contributed by atoms with Crippen LogP contribution in [0.4, 0.5) is 5.82 Å². The highest BCUT2D eigenvalue weighted by atomic mass is 16.5. The van der Waals surface area contributed by atoms with Gasteiger partial charge >= 0.3 is 5.97 Å². The van der Waals surface area contributed by atoms with E-state index in [1.165, 1.54) is 4.57 Å². The second kappa shape index (κ2) is 5.86. The number of esters is 1. The van der Waals surface area contributed by atoms with Gasteiger partial charge in [-0.1, -0.05) is 0 Å². The van der Waals surface area contributed by atoms with Gasteiger partial charge in [0, 0.05) is 32.5 Å². The van der Waals surface area contributed by atoms with Gasteiger partial charge in [0.15, 0.2) is 5.82 Å². The van der Waals surface area contributed by atoms with Crippen LogP contribution in [0.25, 0.3) is 0 Å². The number of hydrogen-bond donors (Lipinski definition) is 0. The summed E-state index contributed by atoms with van der Waals surface area (Å²) in [7, 11) is 1.71. The van der Waals surface area contributed by atoms with E-state index in [-0.39, 0.29) is 17.4 Å². The molecule has 1 aromatic rings. The lowest BCUT2D eigenvalue weighted by atomic mass is 9.97. The van der Waals surface area contributed by atoms with Crippen molar-refractivity contribution in [2.45, 2.75) is 19.8 Å². The molecular formula is C13H19N3O3. The highest BCUT2D eigenvalue weighted by Crippen LogP contribution is 2.20. The summed E-state index contributed by atoms with van der Waals surface area (Å²) >= 11 is 0.